The summed E-state index contributed by atoms with van der Waals surface area (Å²) in [4.78, 5) is 38.5. The van der Waals surface area contributed by atoms with Crippen molar-refractivity contribution in [2.24, 2.45) is 0 Å². The maximum Gasteiger partial charge on any atom is 0.328 e. The number of amides is 1. The normalized spacial score (nSPS) is 24.3. The van der Waals surface area contributed by atoms with Crippen LogP contribution < -0.4 is 4.74 Å². The van der Waals surface area contributed by atoms with Crippen LogP contribution in [-0.4, -0.2) is 47.4 Å². The van der Waals surface area contributed by atoms with Gasteiger partial charge in [-0.3, -0.25) is 9.59 Å². The number of Topliss-reactive ketones (excluding diaryl/α,β-unsaturated/α-hetero) is 1. The molecule has 2 unspecified atom stereocenters. The highest BCUT2D eigenvalue weighted by Crippen LogP contribution is 2.39. The molecular weight excluding hydrogens is 322 g/mol. The molecule has 1 amide bonds. The fraction of sp³-hybridized carbons (Fsp3) is 0.526. The van der Waals surface area contributed by atoms with Crippen LogP contribution in [0.2, 0.25) is 0 Å². The van der Waals surface area contributed by atoms with Crippen molar-refractivity contribution in [2.75, 3.05) is 13.2 Å². The Morgan fingerprint density at radius 3 is 2.84 bits per heavy atom. The monoisotopic (exact) mass is 345 g/mol. The molecule has 2 aliphatic heterocycles. The molecule has 3 rings (SSSR count). The zero-order valence-electron chi connectivity index (χ0n) is 14.6. The number of fused-ring (bicyclic) bond motifs is 1. The smallest absolute Gasteiger partial charge is 0.328 e. The first-order valence-corrected chi connectivity index (χ1v) is 8.73. The molecule has 1 saturated heterocycles. The van der Waals surface area contributed by atoms with Crippen molar-refractivity contribution in [3.63, 3.8) is 0 Å². The molecule has 1 aromatic carbocycles. The predicted octanol–water partition coefficient (Wildman–Crippen LogP) is 2.35. The van der Waals surface area contributed by atoms with E-state index in [4.69, 9.17) is 9.47 Å². The number of carbonyl (C=O) groups excluding carboxylic acids is 3. The lowest BCUT2D eigenvalue weighted by atomic mass is 9.84. The van der Waals surface area contributed by atoms with Crippen LogP contribution in [0.4, 0.5) is 0 Å². The summed E-state index contributed by atoms with van der Waals surface area (Å²) in [7, 11) is 0. The van der Waals surface area contributed by atoms with E-state index >= 15 is 0 Å². The van der Waals surface area contributed by atoms with Gasteiger partial charge in [0.15, 0.2) is 5.78 Å². The van der Waals surface area contributed by atoms with Gasteiger partial charge in [-0.1, -0.05) is 12.1 Å². The molecular formula is C19H23NO5. The number of likely N-dealkylation sites (tertiary alicyclic amines) is 1. The number of rotatable bonds is 3. The molecule has 134 valence electrons. The molecule has 1 spiro atoms. The van der Waals surface area contributed by atoms with Crippen molar-refractivity contribution in [1.29, 1.82) is 0 Å². The highest BCUT2D eigenvalue weighted by atomic mass is 16.5. The van der Waals surface area contributed by atoms with Gasteiger partial charge in [-0.15, -0.1) is 0 Å². The molecule has 2 atom stereocenters. The number of hydrogen-bond acceptors (Lipinski definition) is 5. The third-order valence-corrected chi connectivity index (χ3v) is 5.02. The third kappa shape index (κ3) is 3.38. The lowest BCUT2D eigenvalue weighted by molar-refractivity contribution is -0.153. The second-order valence-corrected chi connectivity index (χ2v) is 6.65. The average molecular weight is 345 g/mol. The first-order chi connectivity index (χ1) is 12.0. The molecule has 25 heavy (non-hydrogen) atoms. The van der Waals surface area contributed by atoms with Crippen molar-refractivity contribution in [2.45, 2.75) is 51.2 Å². The fourth-order valence-corrected chi connectivity index (χ4v) is 3.57. The van der Waals surface area contributed by atoms with Crippen molar-refractivity contribution in [1.82, 2.24) is 4.90 Å². The average Bonchev–Trinajstić information content (AvgIpc) is 2.74. The molecule has 2 heterocycles. The van der Waals surface area contributed by atoms with Crippen LogP contribution in [0.5, 0.6) is 5.75 Å². The van der Waals surface area contributed by atoms with Gasteiger partial charge >= 0.3 is 5.97 Å². The molecule has 0 saturated carbocycles. The Morgan fingerprint density at radius 2 is 2.08 bits per heavy atom. The Kier molecular flexibility index (Phi) is 4.79. The second kappa shape index (κ2) is 6.86. The van der Waals surface area contributed by atoms with Gasteiger partial charge in [-0.2, -0.15) is 0 Å². The van der Waals surface area contributed by atoms with Crippen LogP contribution in [0.15, 0.2) is 24.3 Å². The number of carbonyl (C=O) groups is 3. The highest BCUT2D eigenvalue weighted by molar-refractivity contribution is 6.00. The predicted molar refractivity (Wildman–Crippen MR) is 90.4 cm³/mol. The molecule has 1 aromatic rings. The van der Waals surface area contributed by atoms with Gasteiger partial charge in [-0.05, 0) is 32.4 Å². The van der Waals surface area contributed by atoms with Crippen molar-refractivity contribution < 1.29 is 23.9 Å². The molecule has 6 heteroatoms. The number of hydrogen-bond donors (Lipinski definition) is 0. The summed E-state index contributed by atoms with van der Waals surface area (Å²) < 4.78 is 11.2. The minimum absolute atomic E-state index is 0.0428. The summed E-state index contributed by atoms with van der Waals surface area (Å²) in [5.74, 6) is 0.115. The lowest BCUT2D eigenvalue weighted by Gasteiger charge is -2.37. The Balaban J connectivity index is 1.78. The minimum atomic E-state index is -0.676. The number of benzene rings is 1. The first kappa shape index (κ1) is 17.5. The Labute approximate surface area is 147 Å². The van der Waals surface area contributed by atoms with E-state index in [0.717, 1.165) is 0 Å². The summed E-state index contributed by atoms with van der Waals surface area (Å²) in [5.41, 5.74) is -0.0787. The standard InChI is InChI=1S/C19H23NO5/c1-3-24-18(23)13(2)20-11-10-19(9-8-17(20)22)12-15(21)14-6-4-5-7-16(14)25-19/h4-7,13H,3,8-12H2,1-2H3. The Hall–Kier alpha value is -2.37. The van der Waals surface area contributed by atoms with E-state index in [2.05, 4.69) is 0 Å². The van der Waals surface area contributed by atoms with Crippen LogP contribution in [0, 0.1) is 0 Å². The highest BCUT2D eigenvalue weighted by Gasteiger charge is 2.44. The van der Waals surface area contributed by atoms with Crippen LogP contribution in [-0.2, 0) is 14.3 Å². The minimum Gasteiger partial charge on any atom is -0.486 e. The number of ether oxygens (including phenoxy) is 2. The van der Waals surface area contributed by atoms with E-state index < -0.39 is 17.6 Å². The van der Waals surface area contributed by atoms with Gasteiger partial charge in [0.2, 0.25) is 5.91 Å². The van der Waals surface area contributed by atoms with E-state index in [0.29, 0.717) is 30.7 Å². The van der Waals surface area contributed by atoms with E-state index in [1.165, 1.54) is 0 Å². The lowest BCUT2D eigenvalue weighted by Crippen LogP contribution is -2.45. The maximum atomic E-state index is 12.5. The summed E-state index contributed by atoms with van der Waals surface area (Å²) in [5, 5.41) is 0. The molecule has 6 nitrogen and oxygen atoms in total. The van der Waals surface area contributed by atoms with Gasteiger partial charge in [0, 0.05) is 19.4 Å². The topological polar surface area (TPSA) is 72.9 Å². The third-order valence-electron chi connectivity index (χ3n) is 5.02. The molecule has 2 aliphatic rings. The van der Waals surface area contributed by atoms with Crippen LogP contribution in [0.3, 0.4) is 0 Å². The van der Waals surface area contributed by atoms with Crippen LogP contribution in [0.25, 0.3) is 0 Å². The largest absolute Gasteiger partial charge is 0.486 e. The first-order valence-electron chi connectivity index (χ1n) is 8.73. The van der Waals surface area contributed by atoms with Crippen molar-refractivity contribution >= 4 is 17.7 Å². The number of nitrogens with zero attached hydrogens (tertiary/aromatic N) is 1. The molecule has 0 bridgehead atoms. The van der Waals surface area contributed by atoms with Gasteiger partial charge in [0.05, 0.1) is 18.6 Å². The zero-order valence-corrected chi connectivity index (χ0v) is 14.6. The Morgan fingerprint density at radius 1 is 1.32 bits per heavy atom. The quantitative estimate of drug-likeness (QED) is 0.786. The molecule has 1 fully saturated rings. The summed E-state index contributed by atoms with van der Waals surface area (Å²) in [6.45, 7) is 4.07. The number of ketones is 1. The summed E-state index contributed by atoms with van der Waals surface area (Å²) in [6, 6.07) is 6.58. The number of esters is 1. The Bertz CT molecular complexity index is 701. The molecule has 0 N–H and O–H groups in total. The van der Waals surface area contributed by atoms with Crippen molar-refractivity contribution in [3.05, 3.63) is 29.8 Å². The van der Waals surface area contributed by atoms with Gasteiger partial charge in [0.1, 0.15) is 17.4 Å². The molecule has 0 radical (unpaired) electrons. The number of para-hydroxylation sites is 1. The van der Waals surface area contributed by atoms with E-state index in [-0.39, 0.29) is 31.1 Å². The van der Waals surface area contributed by atoms with Gasteiger partial charge in [0.25, 0.3) is 0 Å². The van der Waals surface area contributed by atoms with E-state index in [9.17, 15) is 14.4 Å². The van der Waals surface area contributed by atoms with Crippen molar-refractivity contribution in [3.8, 4) is 5.75 Å². The fourth-order valence-electron chi connectivity index (χ4n) is 3.57. The summed E-state index contributed by atoms with van der Waals surface area (Å²) in [6.07, 6.45) is 1.50. The summed E-state index contributed by atoms with van der Waals surface area (Å²) >= 11 is 0. The molecule has 0 aliphatic carbocycles. The maximum absolute atomic E-state index is 12.5. The molecule has 0 aromatic heterocycles. The van der Waals surface area contributed by atoms with Gasteiger partial charge in [-0.25, -0.2) is 4.79 Å². The van der Waals surface area contributed by atoms with Crippen LogP contribution in [0.1, 0.15) is 49.9 Å². The van der Waals surface area contributed by atoms with Crippen LogP contribution >= 0.6 is 0 Å². The van der Waals surface area contributed by atoms with E-state index in [1.807, 2.05) is 12.1 Å². The van der Waals surface area contributed by atoms with Gasteiger partial charge < -0.3 is 14.4 Å². The zero-order chi connectivity index (χ0) is 18.0. The van der Waals surface area contributed by atoms with E-state index in [1.54, 1.807) is 30.9 Å². The second-order valence-electron chi connectivity index (χ2n) is 6.65. The SMILES string of the molecule is CCOC(=O)C(C)N1CCC2(CCC1=O)CC(=O)c1ccccc1O2.